The first-order chi connectivity index (χ1) is 13.6. The van der Waals surface area contributed by atoms with Gasteiger partial charge in [-0.05, 0) is 43.2 Å². The maximum atomic E-state index is 13.2. The van der Waals surface area contributed by atoms with Crippen molar-refractivity contribution in [3.8, 4) is 0 Å². The fourth-order valence-corrected chi connectivity index (χ4v) is 3.31. The fourth-order valence-electron chi connectivity index (χ4n) is 3.31. The second-order valence-corrected chi connectivity index (χ2v) is 6.72. The van der Waals surface area contributed by atoms with Gasteiger partial charge in [-0.2, -0.15) is 13.2 Å². The Hall–Kier alpha value is -3.17. The Balaban J connectivity index is 1.69. The Kier molecular flexibility index (Phi) is 5.71. The van der Waals surface area contributed by atoms with E-state index in [1.165, 1.54) is 18.2 Å². The zero-order chi connectivity index (χ0) is 21.2. The van der Waals surface area contributed by atoms with E-state index in [9.17, 15) is 32.5 Å². The van der Waals surface area contributed by atoms with Crippen LogP contribution in [-0.4, -0.2) is 23.9 Å². The Morgan fingerprint density at radius 3 is 2.41 bits per heavy atom. The van der Waals surface area contributed by atoms with Crippen LogP contribution in [-0.2, 0) is 11.0 Å². The van der Waals surface area contributed by atoms with Gasteiger partial charge in [0.15, 0.2) is 0 Å². The molecule has 2 aromatic carbocycles. The van der Waals surface area contributed by atoms with Crippen LogP contribution >= 0.6 is 0 Å². The van der Waals surface area contributed by atoms with E-state index in [1.54, 1.807) is 11.0 Å². The molecule has 1 fully saturated rings. The van der Waals surface area contributed by atoms with Crippen LogP contribution in [0.15, 0.2) is 42.5 Å². The summed E-state index contributed by atoms with van der Waals surface area (Å²) in [6.45, 7) is 0.543. The number of carbonyl (C=O) groups excluding carboxylic acids is 1. The van der Waals surface area contributed by atoms with Crippen LogP contribution in [0.5, 0.6) is 0 Å². The number of rotatable bonds is 4. The first kappa shape index (κ1) is 20.6. The number of nitrogens with one attached hydrogen (secondary N) is 1. The summed E-state index contributed by atoms with van der Waals surface area (Å²) in [5, 5.41) is 13.9. The largest absolute Gasteiger partial charge is 0.416 e. The summed E-state index contributed by atoms with van der Waals surface area (Å²) in [4.78, 5) is 24.4. The van der Waals surface area contributed by atoms with Crippen molar-refractivity contribution in [2.24, 2.45) is 5.92 Å². The number of anilines is 2. The van der Waals surface area contributed by atoms with Crippen molar-refractivity contribution in [1.29, 1.82) is 0 Å². The second kappa shape index (κ2) is 8.06. The number of hydrogen-bond acceptors (Lipinski definition) is 4. The van der Waals surface area contributed by atoms with Crippen molar-refractivity contribution in [1.82, 2.24) is 0 Å². The van der Waals surface area contributed by atoms with Crippen LogP contribution in [0.4, 0.5) is 34.6 Å². The smallest absolute Gasteiger partial charge is 0.366 e. The summed E-state index contributed by atoms with van der Waals surface area (Å²) in [6.07, 6.45) is -3.95. The first-order valence-electron chi connectivity index (χ1n) is 8.82. The minimum Gasteiger partial charge on any atom is -0.366 e. The maximum absolute atomic E-state index is 13.2. The van der Waals surface area contributed by atoms with Gasteiger partial charge in [-0.15, -0.1) is 0 Å². The molecule has 2 aromatic rings. The van der Waals surface area contributed by atoms with Crippen molar-refractivity contribution >= 4 is 23.0 Å². The van der Waals surface area contributed by atoms with Gasteiger partial charge in [0.25, 0.3) is 5.69 Å². The molecule has 1 aliphatic rings. The first-order valence-corrected chi connectivity index (χ1v) is 8.82. The molecule has 0 atom stereocenters. The third-order valence-electron chi connectivity index (χ3n) is 4.80. The summed E-state index contributed by atoms with van der Waals surface area (Å²) >= 11 is 0. The van der Waals surface area contributed by atoms with Gasteiger partial charge in [0.1, 0.15) is 11.5 Å². The molecule has 1 amide bonds. The Morgan fingerprint density at radius 2 is 1.83 bits per heavy atom. The topological polar surface area (TPSA) is 75.5 Å². The Labute approximate surface area is 163 Å². The Bertz CT molecular complexity index is 925. The molecule has 29 heavy (non-hydrogen) atoms. The number of hydrogen-bond donors (Lipinski definition) is 1. The third-order valence-corrected chi connectivity index (χ3v) is 4.80. The lowest BCUT2D eigenvalue weighted by atomic mass is 9.95. The highest BCUT2D eigenvalue weighted by Crippen LogP contribution is 2.37. The van der Waals surface area contributed by atoms with Gasteiger partial charge in [-0.1, -0.05) is 6.07 Å². The second-order valence-electron chi connectivity index (χ2n) is 6.72. The van der Waals surface area contributed by atoms with Gasteiger partial charge in [0.05, 0.1) is 10.5 Å². The van der Waals surface area contributed by atoms with Crippen LogP contribution in [0.3, 0.4) is 0 Å². The van der Waals surface area contributed by atoms with Gasteiger partial charge < -0.3 is 10.2 Å². The minimum absolute atomic E-state index is 0.0898. The number of nitro benzene ring substituents is 1. The molecule has 154 valence electrons. The lowest BCUT2D eigenvalue weighted by Gasteiger charge is -2.32. The monoisotopic (exact) mass is 411 g/mol. The number of alkyl halides is 3. The molecular formula is C19H17F4N3O3. The molecule has 0 spiro atoms. The maximum Gasteiger partial charge on any atom is 0.416 e. The van der Waals surface area contributed by atoms with Crippen molar-refractivity contribution in [3.05, 3.63) is 64.0 Å². The van der Waals surface area contributed by atoms with E-state index in [4.69, 9.17) is 0 Å². The average molecular weight is 411 g/mol. The molecule has 1 aliphatic heterocycles. The number of amides is 1. The molecule has 1 saturated heterocycles. The number of benzene rings is 2. The molecular weight excluding hydrogens is 394 g/mol. The molecule has 1 heterocycles. The van der Waals surface area contributed by atoms with E-state index >= 15 is 0 Å². The fraction of sp³-hybridized carbons (Fsp3) is 0.316. The van der Waals surface area contributed by atoms with Crippen LogP contribution in [0, 0.1) is 21.8 Å². The normalized spacial score (nSPS) is 15.2. The van der Waals surface area contributed by atoms with Crippen LogP contribution < -0.4 is 10.2 Å². The van der Waals surface area contributed by atoms with E-state index in [-0.39, 0.29) is 30.6 Å². The highest BCUT2D eigenvalue weighted by Gasteiger charge is 2.34. The van der Waals surface area contributed by atoms with Crippen LogP contribution in [0.25, 0.3) is 0 Å². The van der Waals surface area contributed by atoms with Gasteiger partial charge in [-0.3, -0.25) is 14.9 Å². The zero-order valence-corrected chi connectivity index (χ0v) is 15.1. The quantitative estimate of drug-likeness (QED) is 0.453. The van der Waals surface area contributed by atoms with E-state index in [0.717, 1.165) is 12.1 Å². The summed E-state index contributed by atoms with van der Waals surface area (Å²) in [5.74, 6) is -1.16. The zero-order valence-electron chi connectivity index (χ0n) is 15.1. The number of carbonyl (C=O) groups is 1. The van der Waals surface area contributed by atoms with E-state index in [2.05, 4.69) is 5.32 Å². The summed E-state index contributed by atoms with van der Waals surface area (Å²) in [7, 11) is 0. The molecule has 10 heteroatoms. The molecule has 0 radical (unpaired) electrons. The van der Waals surface area contributed by atoms with E-state index < -0.39 is 28.2 Å². The predicted molar refractivity (Wildman–Crippen MR) is 98.1 cm³/mol. The molecule has 1 N–H and O–H groups in total. The molecule has 0 saturated carbocycles. The summed E-state index contributed by atoms with van der Waals surface area (Å²) in [5.41, 5.74) is -1.29. The number of nitro groups is 1. The summed E-state index contributed by atoms with van der Waals surface area (Å²) < 4.78 is 51.8. The van der Waals surface area contributed by atoms with Gasteiger partial charge in [0, 0.05) is 30.8 Å². The number of nitrogens with zero attached hydrogens (tertiary/aromatic N) is 2. The minimum atomic E-state index is -4.68. The molecule has 6 nitrogen and oxygen atoms in total. The average Bonchev–Trinajstić information content (AvgIpc) is 2.67. The lowest BCUT2D eigenvalue weighted by molar-refractivity contribution is -0.384. The third kappa shape index (κ3) is 4.82. The van der Waals surface area contributed by atoms with Gasteiger partial charge in [-0.25, -0.2) is 4.39 Å². The van der Waals surface area contributed by atoms with Gasteiger partial charge >= 0.3 is 6.18 Å². The van der Waals surface area contributed by atoms with Crippen LogP contribution in [0.1, 0.15) is 18.4 Å². The molecule has 0 unspecified atom stereocenters. The molecule has 0 bridgehead atoms. The highest BCUT2D eigenvalue weighted by molar-refractivity contribution is 5.92. The molecule has 0 aliphatic carbocycles. The van der Waals surface area contributed by atoms with Gasteiger partial charge in [0.2, 0.25) is 5.91 Å². The van der Waals surface area contributed by atoms with Crippen LogP contribution in [0.2, 0.25) is 0 Å². The van der Waals surface area contributed by atoms with E-state index in [1.807, 2.05) is 0 Å². The van der Waals surface area contributed by atoms with Crippen molar-refractivity contribution in [2.45, 2.75) is 19.0 Å². The SMILES string of the molecule is O=C(Nc1cccc(F)c1)C1CCN(c2ccc(C(F)(F)F)cc2[N+](=O)[O-])CC1. The van der Waals surface area contributed by atoms with E-state index in [0.29, 0.717) is 24.6 Å². The number of piperidine rings is 1. The van der Waals surface area contributed by atoms with Crippen molar-refractivity contribution in [2.75, 3.05) is 23.3 Å². The standard InChI is InChI=1S/C19H17F4N3O3/c20-14-2-1-3-15(11-14)24-18(27)12-6-8-25(9-7-12)16-5-4-13(19(21,22)23)10-17(16)26(28)29/h1-5,10-12H,6-9H2,(H,24,27). The lowest BCUT2D eigenvalue weighted by Crippen LogP contribution is -2.38. The summed E-state index contributed by atoms with van der Waals surface area (Å²) in [6, 6.07) is 7.90. The van der Waals surface area contributed by atoms with Crippen molar-refractivity contribution in [3.63, 3.8) is 0 Å². The molecule has 0 aromatic heterocycles. The highest BCUT2D eigenvalue weighted by atomic mass is 19.4. The Morgan fingerprint density at radius 1 is 1.14 bits per heavy atom. The number of halogens is 4. The molecule has 3 rings (SSSR count). The van der Waals surface area contributed by atoms with Crippen molar-refractivity contribution < 1.29 is 27.3 Å². The predicted octanol–water partition coefficient (Wildman–Crippen LogP) is 4.61.